The van der Waals surface area contributed by atoms with Gasteiger partial charge in [-0.2, -0.15) is 11.8 Å². The Labute approximate surface area is 131 Å². The van der Waals surface area contributed by atoms with Crippen LogP contribution in [0, 0.1) is 11.6 Å². The third kappa shape index (κ3) is 2.66. The van der Waals surface area contributed by atoms with Crippen LogP contribution in [0.5, 0.6) is 0 Å². The lowest BCUT2D eigenvalue weighted by atomic mass is 10.2. The van der Waals surface area contributed by atoms with E-state index in [1.54, 1.807) is 0 Å². The molecule has 0 bridgehead atoms. The highest BCUT2D eigenvalue weighted by molar-refractivity contribution is 7.99. The number of benzene rings is 1. The van der Waals surface area contributed by atoms with Crippen molar-refractivity contribution in [2.75, 3.05) is 6.26 Å². The number of halogens is 3. The van der Waals surface area contributed by atoms with Crippen LogP contribution in [0.1, 0.15) is 43.4 Å². The second-order valence-electron chi connectivity index (χ2n) is 5.54. The van der Waals surface area contributed by atoms with Crippen molar-refractivity contribution in [2.45, 2.75) is 42.9 Å². The van der Waals surface area contributed by atoms with Crippen LogP contribution < -0.4 is 0 Å². The molecule has 1 heterocycles. The van der Waals surface area contributed by atoms with Crippen molar-refractivity contribution in [3.05, 3.63) is 29.6 Å². The minimum absolute atomic E-state index is 0.213. The van der Waals surface area contributed by atoms with Gasteiger partial charge >= 0.3 is 0 Å². The van der Waals surface area contributed by atoms with Crippen LogP contribution in [0.15, 0.2) is 12.1 Å². The standard InChI is InChI=1S/C15H17ClF2N2S/c1-8(16)15-19-14-12(18)5-9(17)6-13(14)20(15)10-3-4-11(7-10)21-2/h5-6,8,10-11H,3-4,7H2,1-2H3. The van der Waals surface area contributed by atoms with E-state index in [9.17, 15) is 8.78 Å². The molecule has 0 N–H and O–H groups in total. The molecule has 1 aliphatic carbocycles. The van der Waals surface area contributed by atoms with Crippen molar-refractivity contribution in [2.24, 2.45) is 0 Å². The van der Waals surface area contributed by atoms with E-state index in [1.807, 2.05) is 23.3 Å². The number of alkyl halides is 1. The Morgan fingerprint density at radius 2 is 2.14 bits per heavy atom. The highest BCUT2D eigenvalue weighted by atomic mass is 35.5. The monoisotopic (exact) mass is 330 g/mol. The Hall–Kier alpha value is -0.810. The second-order valence-corrected chi connectivity index (χ2v) is 7.33. The van der Waals surface area contributed by atoms with Crippen LogP contribution in [0.3, 0.4) is 0 Å². The SMILES string of the molecule is CSC1CCC(n2c(C(C)Cl)nc3c(F)cc(F)cc32)C1. The fraction of sp³-hybridized carbons (Fsp3) is 0.533. The molecule has 21 heavy (non-hydrogen) atoms. The maximum Gasteiger partial charge on any atom is 0.153 e. The van der Waals surface area contributed by atoms with E-state index in [1.165, 1.54) is 6.07 Å². The number of thioether (sulfide) groups is 1. The molecule has 114 valence electrons. The number of hydrogen-bond donors (Lipinski definition) is 0. The first kappa shape index (κ1) is 15.1. The average molecular weight is 331 g/mol. The van der Waals surface area contributed by atoms with Crippen molar-refractivity contribution in [3.63, 3.8) is 0 Å². The first-order valence-electron chi connectivity index (χ1n) is 7.05. The third-order valence-electron chi connectivity index (χ3n) is 4.15. The number of aromatic nitrogens is 2. The van der Waals surface area contributed by atoms with Gasteiger partial charge in [0.2, 0.25) is 0 Å². The van der Waals surface area contributed by atoms with E-state index >= 15 is 0 Å². The molecule has 1 fully saturated rings. The molecule has 1 aromatic carbocycles. The van der Waals surface area contributed by atoms with Gasteiger partial charge < -0.3 is 4.57 Å². The average Bonchev–Trinajstić information content (AvgIpc) is 3.01. The summed E-state index contributed by atoms with van der Waals surface area (Å²) in [5.41, 5.74) is 0.730. The van der Waals surface area contributed by atoms with Crippen molar-refractivity contribution in [1.82, 2.24) is 9.55 Å². The van der Waals surface area contributed by atoms with Crippen molar-refractivity contribution in [1.29, 1.82) is 0 Å². The molecule has 3 rings (SSSR count). The van der Waals surface area contributed by atoms with Crippen LogP contribution in [0.4, 0.5) is 8.78 Å². The summed E-state index contributed by atoms with van der Waals surface area (Å²) < 4.78 is 29.5. The number of imidazole rings is 1. The van der Waals surface area contributed by atoms with Gasteiger partial charge in [0.25, 0.3) is 0 Å². The lowest BCUT2D eigenvalue weighted by molar-refractivity contribution is 0.510. The highest BCUT2D eigenvalue weighted by Crippen LogP contribution is 2.40. The normalized spacial score (nSPS) is 23.9. The van der Waals surface area contributed by atoms with E-state index in [-0.39, 0.29) is 16.9 Å². The Morgan fingerprint density at radius 1 is 1.38 bits per heavy atom. The molecule has 2 nitrogen and oxygen atoms in total. The van der Waals surface area contributed by atoms with E-state index in [0.717, 1.165) is 25.3 Å². The number of hydrogen-bond acceptors (Lipinski definition) is 2. The molecule has 1 aliphatic rings. The fourth-order valence-electron chi connectivity index (χ4n) is 3.17. The Kier molecular flexibility index (Phi) is 4.14. The number of fused-ring (bicyclic) bond motifs is 1. The molecule has 3 atom stereocenters. The van der Waals surface area contributed by atoms with Gasteiger partial charge in [-0.15, -0.1) is 11.6 Å². The van der Waals surface area contributed by atoms with Gasteiger partial charge in [-0.1, -0.05) is 0 Å². The van der Waals surface area contributed by atoms with Crippen LogP contribution in [0.2, 0.25) is 0 Å². The predicted molar refractivity (Wildman–Crippen MR) is 84.1 cm³/mol. The van der Waals surface area contributed by atoms with Gasteiger partial charge in [-0.25, -0.2) is 13.8 Å². The molecular weight excluding hydrogens is 314 g/mol. The zero-order valence-electron chi connectivity index (χ0n) is 11.9. The summed E-state index contributed by atoms with van der Waals surface area (Å²) in [6.45, 7) is 1.81. The first-order valence-corrected chi connectivity index (χ1v) is 8.77. The maximum atomic E-state index is 14.0. The van der Waals surface area contributed by atoms with Gasteiger partial charge in [-0.3, -0.25) is 0 Å². The van der Waals surface area contributed by atoms with E-state index in [4.69, 9.17) is 11.6 Å². The Balaban J connectivity index is 2.17. The molecule has 1 aromatic heterocycles. The van der Waals surface area contributed by atoms with Crippen LogP contribution in [-0.2, 0) is 0 Å². The zero-order valence-corrected chi connectivity index (χ0v) is 13.5. The zero-order chi connectivity index (χ0) is 15.1. The molecule has 1 saturated carbocycles. The van der Waals surface area contributed by atoms with Gasteiger partial charge in [0, 0.05) is 17.4 Å². The number of nitrogens with zero attached hydrogens (tertiary/aromatic N) is 2. The van der Waals surface area contributed by atoms with Crippen LogP contribution in [-0.4, -0.2) is 21.1 Å². The Morgan fingerprint density at radius 3 is 2.76 bits per heavy atom. The summed E-state index contributed by atoms with van der Waals surface area (Å²) in [5.74, 6) is -0.570. The lowest BCUT2D eigenvalue weighted by Gasteiger charge is -2.18. The minimum Gasteiger partial charge on any atom is -0.323 e. The molecular formula is C15H17ClF2N2S. The summed E-state index contributed by atoms with van der Waals surface area (Å²) in [7, 11) is 0. The van der Waals surface area contributed by atoms with Gasteiger partial charge in [0.15, 0.2) is 5.82 Å². The molecule has 0 amide bonds. The summed E-state index contributed by atoms with van der Waals surface area (Å²) >= 11 is 8.06. The smallest absolute Gasteiger partial charge is 0.153 e. The van der Waals surface area contributed by atoms with E-state index < -0.39 is 11.6 Å². The van der Waals surface area contributed by atoms with Gasteiger partial charge in [-0.05, 0) is 38.5 Å². The Bertz CT molecular complexity index is 671. The van der Waals surface area contributed by atoms with Gasteiger partial charge in [0.05, 0.1) is 10.9 Å². The van der Waals surface area contributed by atoms with E-state index in [2.05, 4.69) is 11.2 Å². The van der Waals surface area contributed by atoms with Crippen molar-refractivity contribution < 1.29 is 8.78 Å². The minimum atomic E-state index is -0.623. The molecule has 0 radical (unpaired) electrons. The molecule has 6 heteroatoms. The molecule has 3 unspecified atom stereocenters. The van der Waals surface area contributed by atoms with Crippen molar-refractivity contribution >= 4 is 34.4 Å². The topological polar surface area (TPSA) is 17.8 Å². The first-order chi connectivity index (χ1) is 10.0. The molecule has 0 saturated heterocycles. The van der Waals surface area contributed by atoms with Crippen LogP contribution >= 0.6 is 23.4 Å². The fourth-order valence-corrected chi connectivity index (χ4v) is 4.11. The maximum absolute atomic E-state index is 14.0. The molecule has 0 aliphatic heterocycles. The predicted octanol–water partition coefficient (Wildman–Crippen LogP) is 5.07. The second kappa shape index (κ2) is 5.76. The van der Waals surface area contributed by atoms with E-state index in [0.29, 0.717) is 16.6 Å². The third-order valence-corrected chi connectivity index (χ3v) is 5.44. The summed E-state index contributed by atoms with van der Waals surface area (Å²) in [4.78, 5) is 4.33. The summed E-state index contributed by atoms with van der Waals surface area (Å²) in [6, 6.07) is 2.45. The largest absolute Gasteiger partial charge is 0.323 e. The number of rotatable bonds is 3. The molecule has 0 spiro atoms. The highest BCUT2D eigenvalue weighted by Gasteiger charge is 2.30. The van der Waals surface area contributed by atoms with Gasteiger partial charge in [0.1, 0.15) is 17.2 Å². The lowest BCUT2D eigenvalue weighted by Crippen LogP contribution is -2.11. The summed E-state index contributed by atoms with van der Waals surface area (Å²) in [6.07, 6.45) is 5.19. The van der Waals surface area contributed by atoms with Crippen molar-refractivity contribution in [3.8, 4) is 0 Å². The van der Waals surface area contributed by atoms with Crippen LogP contribution in [0.25, 0.3) is 11.0 Å². The molecule has 2 aromatic rings. The summed E-state index contributed by atoms with van der Waals surface area (Å²) in [5, 5.41) is 0.248. The quantitative estimate of drug-likeness (QED) is 0.731.